The molecule has 0 atom stereocenters. The number of nitrogens with zero attached hydrogens (tertiary/aromatic N) is 1. The zero-order valence-corrected chi connectivity index (χ0v) is 18.3. The number of hydrogen-bond donors (Lipinski definition) is 0. The maximum absolute atomic E-state index is 12.9. The molecule has 0 saturated carbocycles. The summed E-state index contributed by atoms with van der Waals surface area (Å²) in [6.45, 7) is 3.67. The van der Waals surface area contributed by atoms with E-state index in [0.29, 0.717) is 5.56 Å². The normalized spacial score (nSPS) is 12.8. The molecule has 156 valence electrons. The Balaban J connectivity index is 1.61. The van der Waals surface area contributed by atoms with Crippen LogP contribution in [0.2, 0.25) is 10.0 Å². The number of amides is 2. The van der Waals surface area contributed by atoms with Gasteiger partial charge in [-0.25, -0.2) is 4.90 Å². The van der Waals surface area contributed by atoms with Gasteiger partial charge in [-0.15, -0.1) is 0 Å². The van der Waals surface area contributed by atoms with Crippen LogP contribution in [0.4, 0.5) is 5.69 Å². The third kappa shape index (κ3) is 3.82. The van der Waals surface area contributed by atoms with Gasteiger partial charge in [0.2, 0.25) is 0 Å². The third-order valence-corrected chi connectivity index (χ3v) is 5.94. The topological polar surface area (TPSA) is 63.7 Å². The van der Waals surface area contributed by atoms with Crippen LogP contribution in [-0.2, 0) is 0 Å². The van der Waals surface area contributed by atoms with Crippen molar-refractivity contribution >= 4 is 46.5 Å². The van der Waals surface area contributed by atoms with E-state index in [4.69, 9.17) is 27.9 Å². The number of fused-ring (bicyclic) bond motifs is 1. The Kier molecular flexibility index (Phi) is 5.56. The Morgan fingerprint density at radius 2 is 1.48 bits per heavy atom. The molecular formula is C24H17Cl2NO4. The summed E-state index contributed by atoms with van der Waals surface area (Å²) in [6.07, 6.45) is 0. The lowest BCUT2D eigenvalue weighted by molar-refractivity contribution is 0.0922. The van der Waals surface area contributed by atoms with Crippen LogP contribution in [0.25, 0.3) is 0 Å². The average Bonchev–Trinajstić information content (AvgIpc) is 2.98. The van der Waals surface area contributed by atoms with Crippen molar-refractivity contribution in [2.75, 3.05) is 11.5 Å². The second-order valence-corrected chi connectivity index (χ2v) is 8.05. The average molecular weight is 454 g/mol. The lowest BCUT2D eigenvalue weighted by Gasteiger charge is -2.18. The highest BCUT2D eigenvalue weighted by Gasteiger charge is 2.38. The first-order valence-corrected chi connectivity index (χ1v) is 10.2. The Morgan fingerprint density at radius 3 is 2.10 bits per heavy atom. The van der Waals surface area contributed by atoms with Crippen LogP contribution in [0.15, 0.2) is 54.6 Å². The Bertz CT molecular complexity index is 1210. The Hall–Kier alpha value is -3.15. The lowest BCUT2D eigenvalue weighted by atomic mass is 10.0. The number of carbonyl (C=O) groups excluding carboxylic acids is 3. The van der Waals surface area contributed by atoms with Gasteiger partial charge in [0.15, 0.2) is 12.4 Å². The van der Waals surface area contributed by atoms with E-state index in [2.05, 4.69) is 0 Å². The van der Waals surface area contributed by atoms with Crippen molar-refractivity contribution in [2.24, 2.45) is 0 Å². The zero-order chi connectivity index (χ0) is 22.3. The van der Waals surface area contributed by atoms with Crippen molar-refractivity contribution < 1.29 is 19.1 Å². The van der Waals surface area contributed by atoms with Gasteiger partial charge in [0.1, 0.15) is 5.75 Å². The third-order valence-electron chi connectivity index (χ3n) is 5.22. The Labute approximate surface area is 189 Å². The number of carbonyl (C=O) groups is 3. The minimum Gasteiger partial charge on any atom is -0.483 e. The van der Waals surface area contributed by atoms with Gasteiger partial charge in [0.25, 0.3) is 11.8 Å². The lowest BCUT2D eigenvalue weighted by Crippen LogP contribution is -2.30. The molecule has 1 aliphatic rings. The molecule has 3 aromatic rings. The standard InChI is InChI=1S/C24H17Cl2NO4/c1-13-7-8-15(9-14(13)2)21(28)12-31-22-6-4-3-5-20(22)27-23(29)16-10-18(25)19(26)11-17(16)24(27)30/h3-11H,12H2,1-2H3. The monoisotopic (exact) mass is 453 g/mol. The van der Waals surface area contributed by atoms with Gasteiger partial charge in [-0.2, -0.15) is 0 Å². The smallest absolute Gasteiger partial charge is 0.266 e. The van der Waals surface area contributed by atoms with E-state index in [0.717, 1.165) is 16.0 Å². The molecule has 4 rings (SSSR count). The first-order valence-electron chi connectivity index (χ1n) is 9.48. The maximum Gasteiger partial charge on any atom is 0.266 e. The predicted octanol–water partition coefficient (Wildman–Crippen LogP) is 5.67. The number of halogens is 2. The minimum absolute atomic E-state index is 0.167. The zero-order valence-electron chi connectivity index (χ0n) is 16.7. The van der Waals surface area contributed by atoms with E-state index in [9.17, 15) is 14.4 Å². The van der Waals surface area contributed by atoms with Crippen LogP contribution >= 0.6 is 23.2 Å². The molecule has 0 aliphatic carbocycles. The van der Waals surface area contributed by atoms with Gasteiger partial charge in [-0.1, -0.05) is 47.5 Å². The predicted molar refractivity (Wildman–Crippen MR) is 120 cm³/mol. The van der Waals surface area contributed by atoms with Gasteiger partial charge in [-0.3, -0.25) is 14.4 Å². The fourth-order valence-electron chi connectivity index (χ4n) is 3.36. The molecular weight excluding hydrogens is 437 g/mol. The highest BCUT2D eigenvalue weighted by molar-refractivity contribution is 6.44. The van der Waals surface area contributed by atoms with Crippen LogP contribution in [0.1, 0.15) is 42.2 Å². The number of hydrogen-bond acceptors (Lipinski definition) is 4. The first-order chi connectivity index (χ1) is 14.8. The molecule has 0 radical (unpaired) electrons. The number of para-hydroxylation sites is 2. The van der Waals surface area contributed by atoms with Crippen molar-refractivity contribution in [1.82, 2.24) is 0 Å². The fraction of sp³-hybridized carbons (Fsp3) is 0.125. The molecule has 0 unspecified atom stereocenters. The number of imide groups is 1. The molecule has 0 spiro atoms. The van der Waals surface area contributed by atoms with E-state index in [-0.39, 0.29) is 45.0 Å². The van der Waals surface area contributed by atoms with Gasteiger partial charge in [0, 0.05) is 5.56 Å². The molecule has 2 amide bonds. The number of Topliss-reactive ketones (excluding diaryl/α,β-unsaturated/α-hetero) is 1. The molecule has 0 fully saturated rings. The number of rotatable bonds is 5. The van der Waals surface area contributed by atoms with Crippen LogP contribution in [-0.4, -0.2) is 24.2 Å². The number of ketones is 1. The summed E-state index contributed by atoms with van der Waals surface area (Å²) in [5.74, 6) is -1.03. The van der Waals surface area contributed by atoms with E-state index < -0.39 is 11.8 Å². The molecule has 31 heavy (non-hydrogen) atoms. The van der Waals surface area contributed by atoms with Crippen molar-refractivity contribution in [1.29, 1.82) is 0 Å². The van der Waals surface area contributed by atoms with Gasteiger partial charge in [0.05, 0.1) is 26.9 Å². The van der Waals surface area contributed by atoms with Crippen LogP contribution < -0.4 is 9.64 Å². The molecule has 5 nitrogen and oxygen atoms in total. The molecule has 0 saturated heterocycles. The summed E-state index contributed by atoms with van der Waals surface area (Å²) in [6, 6.07) is 14.8. The largest absolute Gasteiger partial charge is 0.483 e. The molecule has 7 heteroatoms. The second kappa shape index (κ2) is 8.17. The molecule has 0 N–H and O–H groups in total. The molecule has 1 aliphatic heterocycles. The maximum atomic E-state index is 12.9. The highest BCUT2D eigenvalue weighted by Crippen LogP contribution is 2.37. The van der Waals surface area contributed by atoms with E-state index in [1.165, 1.54) is 12.1 Å². The summed E-state index contributed by atoms with van der Waals surface area (Å²) in [7, 11) is 0. The summed E-state index contributed by atoms with van der Waals surface area (Å²) in [4.78, 5) is 39.5. The van der Waals surface area contributed by atoms with Crippen LogP contribution in [0, 0.1) is 13.8 Å². The fourth-order valence-corrected chi connectivity index (χ4v) is 3.69. The minimum atomic E-state index is -0.532. The van der Waals surface area contributed by atoms with E-state index in [1.54, 1.807) is 30.3 Å². The van der Waals surface area contributed by atoms with Crippen molar-refractivity contribution in [3.05, 3.63) is 92.5 Å². The van der Waals surface area contributed by atoms with Gasteiger partial charge < -0.3 is 4.74 Å². The summed E-state index contributed by atoms with van der Waals surface area (Å²) >= 11 is 12.0. The first kappa shape index (κ1) is 21.1. The van der Waals surface area contributed by atoms with Gasteiger partial charge >= 0.3 is 0 Å². The van der Waals surface area contributed by atoms with Crippen molar-refractivity contribution in [3.8, 4) is 5.75 Å². The quantitative estimate of drug-likeness (QED) is 0.368. The molecule has 3 aromatic carbocycles. The van der Waals surface area contributed by atoms with Crippen LogP contribution in [0.5, 0.6) is 5.75 Å². The summed E-state index contributed by atoms with van der Waals surface area (Å²) in [5.41, 5.74) is 3.21. The van der Waals surface area contributed by atoms with E-state index in [1.807, 2.05) is 26.0 Å². The number of aryl methyl sites for hydroxylation is 2. The summed E-state index contributed by atoms with van der Waals surface area (Å²) < 4.78 is 5.73. The Morgan fingerprint density at radius 1 is 0.871 bits per heavy atom. The molecule has 0 bridgehead atoms. The van der Waals surface area contributed by atoms with E-state index >= 15 is 0 Å². The summed E-state index contributed by atoms with van der Waals surface area (Å²) in [5, 5.41) is 0.374. The SMILES string of the molecule is Cc1ccc(C(=O)COc2ccccc2N2C(=O)c3cc(Cl)c(Cl)cc3C2=O)cc1C. The number of benzene rings is 3. The highest BCUT2D eigenvalue weighted by atomic mass is 35.5. The number of anilines is 1. The van der Waals surface area contributed by atoms with Crippen LogP contribution in [0.3, 0.4) is 0 Å². The number of ether oxygens (including phenoxy) is 1. The van der Waals surface area contributed by atoms with Crippen molar-refractivity contribution in [2.45, 2.75) is 13.8 Å². The molecule has 1 heterocycles. The second-order valence-electron chi connectivity index (χ2n) is 7.24. The van der Waals surface area contributed by atoms with Crippen molar-refractivity contribution in [3.63, 3.8) is 0 Å². The van der Waals surface area contributed by atoms with Gasteiger partial charge in [-0.05, 0) is 55.3 Å². The molecule has 0 aromatic heterocycles.